The summed E-state index contributed by atoms with van der Waals surface area (Å²) < 4.78 is 48.7. The summed E-state index contributed by atoms with van der Waals surface area (Å²) in [5.41, 5.74) is 0.684. The summed E-state index contributed by atoms with van der Waals surface area (Å²) in [5, 5.41) is 3.33. The summed E-state index contributed by atoms with van der Waals surface area (Å²) in [6.07, 6.45) is 4.13. The quantitative estimate of drug-likeness (QED) is 0.819. The van der Waals surface area contributed by atoms with Crippen molar-refractivity contribution in [1.82, 2.24) is 15.3 Å². The maximum Gasteiger partial charge on any atom is 0.316 e. The van der Waals surface area contributed by atoms with Crippen LogP contribution >= 0.6 is 0 Å². The normalized spacial score (nSPS) is 24.7. The number of benzene rings is 1. The fourth-order valence-corrected chi connectivity index (χ4v) is 4.17. The molecule has 1 N–H and O–H groups in total. The Morgan fingerprint density at radius 3 is 2.74 bits per heavy atom. The van der Waals surface area contributed by atoms with Crippen molar-refractivity contribution in [3.05, 3.63) is 36.4 Å². The minimum atomic E-state index is -3.46. The highest BCUT2D eigenvalue weighted by atomic mass is 32.2. The standard InChI is InChI=1S/C18H20FN3O4S/c1-27(23,24)13-2-3-14(16(19)4-13)11-6-21-18(22-7-11)26-10-15-12-5-20-8-17(15)25-9-12/h2-4,6-7,12,15,17,20H,5,8-10H2,1H3/t12?,15-,17?/m0/s1. The minimum Gasteiger partial charge on any atom is -0.463 e. The van der Waals surface area contributed by atoms with Crippen molar-refractivity contribution in [3.63, 3.8) is 0 Å². The first kappa shape index (κ1) is 18.3. The predicted octanol–water partition coefficient (Wildman–Crippen LogP) is 1.30. The Bertz CT molecular complexity index is 920. The number of piperidine rings is 1. The van der Waals surface area contributed by atoms with E-state index in [4.69, 9.17) is 9.47 Å². The number of hydrogen-bond acceptors (Lipinski definition) is 7. The van der Waals surface area contributed by atoms with E-state index < -0.39 is 15.7 Å². The highest BCUT2D eigenvalue weighted by Crippen LogP contribution is 2.30. The zero-order chi connectivity index (χ0) is 19.0. The van der Waals surface area contributed by atoms with Gasteiger partial charge in [-0.15, -0.1) is 0 Å². The first-order chi connectivity index (χ1) is 12.9. The van der Waals surface area contributed by atoms with Gasteiger partial charge in [0.1, 0.15) is 5.82 Å². The summed E-state index contributed by atoms with van der Waals surface area (Å²) in [5.74, 6) is 0.111. The van der Waals surface area contributed by atoms with Gasteiger partial charge < -0.3 is 14.8 Å². The number of rotatable bonds is 5. The number of hydrogen-bond donors (Lipinski definition) is 1. The van der Waals surface area contributed by atoms with Gasteiger partial charge in [0.25, 0.3) is 0 Å². The Balaban J connectivity index is 1.45. The van der Waals surface area contributed by atoms with Crippen LogP contribution in [0.15, 0.2) is 35.5 Å². The van der Waals surface area contributed by atoms with Crippen molar-refractivity contribution < 1.29 is 22.3 Å². The SMILES string of the molecule is CS(=O)(=O)c1ccc(-c2cnc(OC[C@H]3C4CNCC3OC4)nc2)c(F)c1. The number of aromatic nitrogens is 2. The Morgan fingerprint density at radius 2 is 2.07 bits per heavy atom. The van der Waals surface area contributed by atoms with Crippen LogP contribution in [0.2, 0.25) is 0 Å². The molecular formula is C18H20FN3O4S. The fraction of sp³-hybridized carbons (Fsp3) is 0.444. The van der Waals surface area contributed by atoms with Gasteiger partial charge in [0.15, 0.2) is 9.84 Å². The molecule has 3 atom stereocenters. The van der Waals surface area contributed by atoms with Crippen LogP contribution in [0.5, 0.6) is 6.01 Å². The van der Waals surface area contributed by atoms with Gasteiger partial charge in [-0.1, -0.05) is 6.07 Å². The summed E-state index contributed by atoms with van der Waals surface area (Å²) in [6, 6.07) is 4.01. The van der Waals surface area contributed by atoms with Gasteiger partial charge in [0.2, 0.25) is 0 Å². The summed E-state index contributed by atoms with van der Waals surface area (Å²) in [6.45, 7) is 2.97. The van der Waals surface area contributed by atoms with Crippen LogP contribution in [0.4, 0.5) is 4.39 Å². The molecule has 2 aliphatic rings. The molecule has 0 radical (unpaired) electrons. The lowest BCUT2D eigenvalue weighted by Crippen LogP contribution is -2.44. The second kappa shape index (κ2) is 7.14. The van der Waals surface area contributed by atoms with Crippen molar-refractivity contribution in [2.75, 3.05) is 32.6 Å². The van der Waals surface area contributed by atoms with Gasteiger partial charge in [0, 0.05) is 54.7 Å². The molecule has 7 nitrogen and oxygen atoms in total. The third-order valence-corrected chi connectivity index (χ3v) is 6.18. The molecular weight excluding hydrogens is 373 g/mol. The van der Waals surface area contributed by atoms with E-state index in [1.54, 1.807) is 0 Å². The van der Waals surface area contributed by atoms with E-state index in [2.05, 4.69) is 15.3 Å². The Morgan fingerprint density at radius 1 is 1.30 bits per heavy atom. The van der Waals surface area contributed by atoms with E-state index in [0.717, 1.165) is 32.0 Å². The zero-order valence-electron chi connectivity index (χ0n) is 14.8. The van der Waals surface area contributed by atoms with Crippen LogP contribution in [0.3, 0.4) is 0 Å². The summed E-state index contributed by atoms with van der Waals surface area (Å²) in [4.78, 5) is 8.23. The average molecular weight is 393 g/mol. The van der Waals surface area contributed by atoms with Gasteiger partial charge in [-0.2, -0.15) is 0 Å². The van der Waals surface area contributed by atoms with Crippen molar-refractivity contribution in [2.24, 2.45) is 11.8 Å². The van der Waals surface area contributed by atoms with Crippen LogP contribution in [-0.2, 0) is 14.6 Å². The molecule has 1 aromatic carbocycles. The predicted molar refractivity (Wildman–Crippen MR) is 95.6 cm³/mol. The third-order valence-electron chi connectivity index (χ3n) is 5.07. The van der Waals surface area contributed by atoms with Gasteiger partial charge in [0.05, 0.1) is 24.2 Å². The average Bonchev–Trinajstić information content (AvgIpc) is 2.86. The van der Waals surface area contributed by atoms with Gasteiger partial charge >= 0.3 is 6.01 Å². The molecule has 1 aromatic heterocycles. The van der Waals surface area contributed by atoms with Gasteiger partial charge in [-0.3, -0.25) is 0 Å². The maximum absolute atomic E-state index is 14.3. The van der Waals surface area contributed by atoms with Crippen LogP contribution in [0, 0.1) is 17.7 Å². The molecule has 0 amide bonds. The largest absolute Gasteiger partial charge is 0.463 e. The molecule has 2 fully saturated rings. The first-order valence-electron chi connectivity index (χ1n) is 8.69. The Labute approximate surface area is 156 Å². The maximum atomic E-state index is 14.3. The molecule has 2 saturated heterocycles. The van der Waals surface area contributed by atoms with Crippen LogP contribution in [-0.4, -0.2) is 57.0 Å². The molecule has 0 saturated carbocycles. The number of sulfone groups is 1. The molecule has 2 aliphatic heterocycles. The van der Waals surface area contributed by atoms with Crippen molar-refractivity contribution in [2.45, 2.75) is 11.0 Å². The molecule has 2 bridgehead atoms. The lowest BCUT2D eigenvalue weighted by Gasteiger charge is -2.27. The fourth-order valence-electron chi connectivity index (χ4n) is 3.53. The summed E-state index contributed by atoms with van der Waals surface area (Å²) >= 11 is 0. The minimum absolute atomic E-state index is 0.0663. The molecule has 144 valence electrons. The topological polar surface area (TPSA) is 90.4 Å². The van der Waals surface area contributed by atoms with E-state index in [-0.39, 0.29) is 22.6 Å². The summed E-state index contributed by atoms with van der Waals surface area (Å²) in [7, 11) is -3.46. The van der Waals surface area contributed by atoms with Crippen molar-refractivity contribution in [3.8, 4) is 17.1 Å². The second-order valence-electron chi connectivity index (χ2n) is 6.93. The second-order valence-corrected chi connectivity index (χ2v) is 8.95. The Kier molecular flexibility index (Phi) is 4.83. The smallest absolute Gasteiger partial charge is 0.316 e. The van der Waals surface area contributed by atoms with E-state index in [1.165, 1.54) is 24.5 Å². The number of nitrogens with one attached hydrogen (secondary N) is 1. The van der Waals surface area contributed by atoms with E-state index in [1.807, 2.05) is 0 Å². The molecule has 3 heterocycles. The molecule has 4 rings (SSSR count). The highest BCUT2D eigenvalue weighted by Gasteiger charge is 2.40. The molecule has 9 heteroatoms. The third kappa shape index (κ3) is 3.80. The lowest BCUT2D eigenvalue weighted by atomic mass is 9.88. The Hall–Kier alpha value is -2.10. The van der Waals surface area contributed by atoms with E-state index in [9.17, 15) is 12.8 Å². The number of nitrogens with zero attached hydrogens (tertiary/aromatic N) is 2. The highest BCUT2D eigenvalue weighted by molar-refractivity contribution is 7.90. The van der Waals surface area contributed by atoms with E-state index in [0.29, 0.717) is 24.0 Å². The number of ether oxygens (including phenoxy) is 2. The molecule has 27 heavy (non-hydrogen) atoms. The molecule has 2 unspecified atom stereocenters. The monoisotopic (exact) mass is 393 g/mol. The van der Waals surface area contributed by atoms with Crippen molar-refractivity contribution in [1.29, 1.82) is 0 Å². The molecule has 0 aliphatic carbocycles. The molecule has 0 spiro atoms. The van der Waals surface area contributed by atoms with Gasteiger partial charge in [-0.05, 0) is 12.1 Å². The van der Waals surface area contributed by atoms with Crippen LogP contribution in [0.1, 0.15) is 0 Å². The van der Waals surface area contributed by atoms with Gasteiger partial charge in [-0.25, -0.2) is 22.8 Å². The zero-order valence-corrected chi connectivity index (χ0v) is 15.6. The first-order valence-corrected chi connectivity index (χ1v) is 10.6. The van der Waals surface area contributed by atoms with E-state index >= 15 is 0 Å². The number of fused-ring (bicyclic) bond motifs is 2. The number of halogens is 1. The van der Waals surface area contributed by atoms with Crippen LogP contribution < -0.4 is 10.1 Å². The molecule has 2 aromatic rings. The van der Waals surface area contributed by atoms with Crippen molar-refractivity contribution >= 4 is 9.84 Å². The lowest BCUT2D eigenvalue weighted by molar-refractivity contribution is 0.0714. The van der Waals surface area contributed by atoms with Crippen LogP contribution in [0.25, 0.3) is 11.1 Å².